The zero-order chi connectivity index (χ0) is 25.2. The van der Waals surface area contributed by atoms with Gasteiger partial charge >= 0.3 is 11.9 Å². The fourth-order valence-corrected chi connectivity index (χ4v) is 4.06. The third kappa shape index (κ3) is 5.03. The van der Waals surface area contributed by atoms with Gasteiger partial charge in [0.2, 0.25) is 6.29 Å². The number of allylic oxidation sites excluding steroid dienone is 2. The van der Waals surface area contributed by atoms with E-state index in [0.29, 0.717) is 22.4 Å². The molecule has 5 N–H and O–H groups in total. The number of ether oxygens (including phenoxy) is 4. The van der Waals surface area contributed by atoms with Crippen molar-refractivity contribution < 1.29 is 54.1 Å². The summed E-state index contributed by atoms with van der Waals surface area (Å²) in [6, 6.07) is 0. The minimum Gasteiger partial charge on any atom is -0.507 e. The second-order valence-electron chi connectivity index (χ2n) is 8.36. The molecule has 0 radical (unpaired) electrons. The van der Waals surface area contributed by atoms with E-state index in [9.17, 15) is 35.1 Å². The lowest BCUT2D eigenvalue weighted by atomic mass is 9.94. The van der Waals surface area contributed by atoms with Crippen LogP contribution in [-0.4, -0.2) is 81.9 Å². The summed E-state index contributed by atoms with van der Waals surface area (Å²) in [5, 5.41) is 49.4. The Labute approximate surface area is 196 Å². The smallest absolute Gasteiger partial charge is 0.342 e. The normalized spacial score (nSPS) is 26.7. The maximum absolute atomic E-state index is 12.2. The van der Waals surface area contributed by atoms with Crippen molar-refractivity contribution >= 4 is 11.9 Å². The molecular weight excluding hydrogens is 452 g/mol. The molecule has 11 nitrogen and oxygen atoms in total. The van der Waals surface area contributed by atoms with Crippen LogP contribution in [0.3, 0.4) is 0 Å². The Morgan fingerprint density at radius 1 is 1.18 bits per heavy atom. The number of aliphatic hydroxyl groups excluding tert-OH is 4. The van der Waals surface area contributed by atoms with Gasteiger partial charge in [-0.05, 0) is 32.3 Å². The number of cyclic esters (lactones) is 1. The maximum Gasteiger partial charge on any atom is 0.342 e. The Bertz CT molecular complexity index is 968. The molecule has 1 saturated heterocycles. The highest BCUT2D eigenvalue weighted by atomic mass is 16.7. The molecule has 5 atom stereocenters. The molecule has 0 spiro atoms. The molecule has 188 valence electrons. The van der Waals surface area contributed by atoms with Crippen LogP contribution >= 0.6 is 0 Å². The van der Waals surface area contributed by atoms with Crippen LogP contribution in [0.2, 0.25) is 0 Å². The van der Waals surface area contributed by atoms with Gasteiger partial charge in [-0.2, -0.15) is 0 Å². The van der Waals surface area contributed by atoms with E-state index in [-0.39, 0.29) is 37.2 Å². The molecule has 3 rings (SSSR count). The molecule has 2 heterocycles. The summed E-state index contributed by atoms with van der Waals surface area (Å²) in [5.74, 6) is -1.03. The van der Waals surface area contributed by atoms with Crippen molar-refractivity contribution in [1.29, 1.82) is 0 Å². The van der Waals surface area contributed by atoms with E-state index < -0.39 is 49.3 Å². The summed E-state index contributed by atoms with van der Waals surface area (Å²) in [7, 11) is 1.47. The van der Waals surface area contributed by atoms with E-state index in [2.05, 4.69) is 0 Å². The van der Waals surface area contributed by atoms with Crippen LogP contribution in [0.4, 0.5) is 0 Å². The van der Waals surface area contributed by atoms with Crippen molar-refractivity contribution in [3.05, 3.63) is 33.9 Å². The van der Waals surface area contributed by atoms with Crippen molar-refractivity contribution in [3.63, 3.8) is 0 Å². The van der Waals surface area contributed by atoms with E-state index in [1.54, 1.807) is 19.9 Å². The monoisotopic (exact) mass is 482 g/mol. The minimum atomic E-state index is -1.66. The van der Waals surface area contributed by atoms with Gasteiger partial charge in [-0.15, -0.1) is 0 Å². The number of fused-ring (bicyclic) bond motifs is 1. The summed E-state index contributed by atoms with van der Waals surface area (Å²) >= 11 is 0. The number of methoxy groups -OCH3 is 1. The van der Waals surface area contributed by atoms with E-state index >= 15 is 0 Å². The maximum atomic E-state index is 12.2. The van der Waals surface area contributed by atoms with Crippen LogP contribution in [0.25, 0.3) is 0 Å². The molecule has 2 aliphatic heterocycles. The fraction of sp³-hybridized carbons (Fsp3) is 0.565. The summed E-state index contributed by atoms with van der Waals surface area (Å²) in [6.07, 6.45) is -5.31. The van der Waals surface area contributed by atoms with Crippen molar-refractivity contribution in [2.45, 2.75) is 70.4 Å². The lowest BCUT2D eigenvalue weighted by Gasteiger charge is -2.39. The summed E-state index contributed by atoms with van der Waals surface area (Å²) < 4.78 is 20.7. The van der Waals surface area contributed by atoms with Gasteiger partial charge in [0.1, 0.15) is 48.1 Å². The van der Waals surface area contributed by atoms with Gasteiger partial charge in [0.15, 0.2) is 0 Å². The SMILES string of the molecule is COc1c(C)c2c(c(O)c1C/C=C(\C)CCC(=O)O[C@@H]1OC(CO)[C@H](O)C(O)C1O)C(=O)OC2. The van der Waals surface area contributed by atoms with Crippen LogP contribution in [0, 0.1) is 6.92 Å². The van der Waals surface area contributed by atoms with Gasteiger partial charge in [-0.25, -0.2) is 4.79 Å². The quantitative estimate of drug-likeness (QED) is 0.249. The summed E-state index contributed by atoms with van der Waals surface area (Å²) in [4.78, 5) is 24.2. The molecular formula is C23H30O11. The first kappa shape index (κ1) is 25.9. The Kier molecular flexibility index (Phi) is 8.16. The third-order valence-electron chi connectivity index (χ3n) is 6.12. The second-order valence-corrected chi connectivity index (χ2v) is 8.36. The predicted octanol–water partition coefficient (Wildman–Crippen LogP) is -0.00828. The number of aliphatic hydroxyl groups is 4. The lowest BCUT2D eigenvalue weighted by molar-refractivity contribution is -0.292. The first-order valence-electron chi connectivity index (χ1n) is 10.8. The zero-order valence-corrected chi connectivity index (χ0v) is 19.2. The second kappa shape index (κ2) is 10.7. The highest BCUT2D eigenvalue weighted by molar-refractivity contribution is 5.98. The largest absolute Gasteiger partial charge is 0.507 e. The topological polar surface area (TPSA) is 172 Å². The molecule has 0 amide bonds. The van der Waals surface area contributed by atoms with Gasteiger partial charge in [-0.1, -0.05) is 11.6 Å². The number of hydrogen-bond acceptors (Lipinski definition) is 11. The van der Waals surface area contributed by atoms with Crippen molar-refractivity contribution in [1.82, 2.24) is 0 Å². The summed E-state index contributed by atoms with van der Waals surface area (Å²) in [6.45, 7) is 3.01. The number of aromatic hydroxyl groups is 1. The molecule has 3 unspecified atom stereocenters. The Balaban J connectivity index is 1.62. The molecule has 1 fully saturated rings. The number of esters is 2. The highest BCUT2D eigenvalue weighted by Crippen LogP contribution is 2.42. The van der Waals surface area contributed by atoms with E-state index in [1.165, 1.54) is 7.11 Å². The van der Waals surface area contributed by atoms with Gasteiger partial charge in [0.05, 0.1) is 13.7 Å². The zero-order valence-electron chi connectivity index (χ0n) is 19.2. The lowest BCUT2D eigenvalue weighted by Crippen LogP contribution is -2.59. The number of carbonyl (C=O) groups is 2. The molecule has 2 aliphatic rings. The van der Waals surface area contributed by atoms with E-state index in [1.807, 2.05) is 0 Å². The molecule has 11 heteroatoms. The van der Waals surface area contributed by atoms with Crippen LogP contribution < -0.4 is 4.74 Å². The van der Waals surface area contributed by atoms with Crippen LogP contribution in [0.1, 0.15) is 46.8 Å². The van der Waals surface area contributed by atoms with E-state index in [4.69, 9.17) is 18.9 Å². The number of phenolic OH excluding ortho intramolecular Hbond substituents is 1. The van der Waals surface area contributed by atoms with Gasteiger partial charge in [-0.3, -0.25) is 4.79 Å². The molecule has 1 aromatic rings. The minimum absolute atomic E-state index is 0.0734. The Morgan fingerprint density at radius 3 is 2.53 bits per heavy atom. The van der Waals surface area contributed by atoms with Crippen molar-refractivity contribution in [2.24, 2.45) is 0 Å². The Morgan fingerprint density at radius 2 is 1.88 bits per heavy atom. The fourth-order valence-electron chi connectivity index (χ4n) is 4.06. The third-order valence-corrected chi connectivity index (χ3v) is 6.12. The van der Waals surface area contributed by atoms with Crippen LogP contribution in [0.15, 0.2) is 11.6 Å². The first-order chi connectivity index (χ1) is 16.1. The molecule has 34 heavy (non-hydrogen) atoms. The molecule has 0 aliphatic carbocycles. The number of carbonyl (C=O) groups excluding carboxylic acids is 2. The highest BCUT2D eigenvalue weighted by Gasteiger charge is 2.45. The van der Waals surface area contributed by atoms with Gasteiger partial charge < -0.3 is 44.5 Å². The average Bonchev–Trinajstić information content (AvgIpc) is 3.21. The van der Waals surface area contributed by atoms with Crippen molar-refractivity contribution in [3.8, 4) is 11.5 Å². The molecule has 0 saturated carbocycles. The van der Waals surface area contributed by atoms with Crippen molar-refractivity contribution in [2.75, 3.05) is 13.7 Å². The number of phenols is 1. The molecule has 0 bridgehead atoms. The van der Waals surface area contributed by atoms with Gasteiger partial charge in [0.25, 0.3) is 0 Å². The van der Waals surface area contributed by atoms with Gasteiger partial charge in [0, 0.05) is 17.5 Å². The predicted molar refractivity (Wildman–Crippen MR) is 115 cm³/mol. The number of rotatable bonds is 8. The summed E-state index contributed by atoms with van der Waals surface area (Å²) in [5.41, 5.74) is 2.67. The Hall–Kier alpha value is -2.70. The van der Waals surface area contributed by atoms with E-state index in [0.717, 1.165) is 5.57 Å². The van der Waals surface area contributed by atoms with Crippen LogP contribution in [-0.2, 0) is 32.0 Å². The molecule has 0 aromatic heterocycles. The number of benzene rings is 1. The molecule has 1 aromatic carbocycles. The van der Waals surface area contributed by atoms with Crippen LogP contribution in [0.5, 0.6) is 11.5 Å². The number of hydrogen-bond donors (Lipinski definition) is 5. The average molecular weight is 482 g/mol. The first-order valence-corrected chi connectivity index (χ1v) is 10.8. The standard InChI is InChI=1S/C23H30O11/c1-10(5-7-15(25)34-23-20(29)19(28)18(27)14(8-24)33-23)4-6-12-17(26)16-13(9-32-22(16)30)11(2)21(12)31-3/h4,14,18-20,23-24,26-29H,5-9H2,1-3H3/b10-4+/t14?,18-,19?,20?,23-/m0/s1.